The summed E-state index contributed by atoms with van der Waals surface area (Å²) in [6.45, 7) is -0.823. The van der Waals surface area contributed by atoms with Gasteiger partial charge in [-0.2, -0.15) is 17.5 Å². The molecule has 1 aromatic rings. The van der Waals surface area contributed by atoms with Gasteiger partial charge in [0, 0.05) is 25.4 Å². The Morgan fingerprint density at radius 1 is 1.12 bits per heavy atom. The Morgan fingerprint density at radius 2 is 1.81 bits per heavy atom. The van der Waals surface area contributed by atoms with Gasteiger partial charge in [0.1, 0.15) is 12.3 Å². The lowest BCUT2D eigenvalue weighted by atomic mass is 10.2. The Labute approximate surface area is 188 Å². The fourth-order valence-corrected chi connectivity index (χ4v) is 5.78. The predicted molar refractivity (Wildman–Crippen MR) is 113 cm³/mol. The van der Waals surface area contributed by atoms with Gasteiger partial charge in [0.05, 0.1) is 10.6 Å². The Kier molecular flexibility index (Phi) is 7.93. The molecule has 0 atom stereocenters. The summed E-state index contributed by atoms with van der Waals surface area (Å²) in [5.41, 5.74) is -0.200. The molecule has 0 bridgehead atoms. The summed E-state index contributed by atoms with van der Waals surface area (Å²) in [6, 6.07) is 3.37. The molecule has 2 aliphatic heterocycles. The van der Waals surface area contributed by atoms with Crippen molar-refractivity contribution in [2.24, 2.45) is 0 Å². The second-order valence-electron chi connectivity index (χ2n) is 7.46. The van der Waals surface area contributed by atoms with E-state index in [9.17, 15) is 31.2 Å². The van der Waals surface area contributed by atoms with E-state index in [4.69, 9.17) is 4.74 Å². The van der Waals surface area contributed by atoms with Crippen molar-refractivity contribution in [3.8, 4) is 5.75 Å². The number of hydrogen-bond acceptors (Lipinski definition) is 6. The summed E-state index contributed by atoms with van der Waals surface area (Å²) >= 11 is 1.06. The number of hydrogen-bond donors (Lipinski definition) is 1. The quantitative estimate of drug-likeness (QED) is 0.624. The lowest BCUT2D eigenvalue weighted by Crippen LogP contribution is -2.34. The maximum atomic E-state index is 13.1. The lowest BCUT2D eigenvalue weighted by molar-refractivity contribution is -0.153. The summed E-state index contributed by atoms with van der Waals surface area (Å²) in [4.78, 5) is 25.3. The first kappa shape index (κ1) is 24.6. The van der Waals surface area contributed by atoms with Crippen molar-refractivity contribution in [1.82, 2.24) is 9.21 Å². The molecule has 0 radical (unpaired) electrons. The van der Waals surface area contributed by atoms with Crippen LogP contribution in [0.15, 0.2) is 23.1 Å². The normalized spacial score (nSPS) is 18.5. The molecule has 2 saturated heterocycles. The average Bonchev–Trinajstić information content (AvgIpc) is 2.94. The number of thioether (sulfide) groups is 1. The number of carbonyl (C=O) groups excluding carboxylic acids is 2. The van der Waals surface area contributed by atoms with Crippen LogP contribution in [0, 0.1) is 0 Å². The van der Waals surface area contributed by atoms with Crippen molar-refractivity contribution in [2.75, 3.05) is 43.9 Å². The van der Waals surface area contributed by atoms with Crippen LogP contribution in [-0.2, 0) is 14.8 Å². The van der Waals surface area contributed by atoms with E-state index in [0.717, 1.165) is 49.6 Å². The largest absolute Gasteiger partial charge is 0.482 e. The van der Waals surface area contributed by atoms with Crippen LogP contribution in [-0.4, -0.2) is 73.5 Å². The maximum Gasteiger partial charge on any atom is 0.422 e. The third-order valence-corrected chi connectivity index (χ3v) is 7.79. The Morgan fingerprint density at radius 3 is 2.41 bits per heavy atom. The first-order valence-electron chi connectivity index (χ1n) is 10.1. The summed E-state index contributed by atoms with van der Waals surface area (Å²) in [6.07, 6.45) is -1.33. The number of nitrogens with one attached hydrogen (secondary N) is 1. The molecule has 3 rings (SSSR count). The molecule has 2 amide bonds. The molecule has 178 valence electrons. The van der Waals surface area contributed by atoms with E-state index in [1.54, 1.807) is 0 Å². The molecule has 8 nitrogen and oxygen atoms in total. The molecular weight excluding hydrogens is 471 g/mol. The van der Waals surface area contributed by atoms with E-state index >= 15 is 0 Å². The first-order valence-corrected chi connectivity index (χ1v) is 12.5. The summed E-state index contributed by atoms with van der Waals surface area (Å²) < 4.78 is 70.2. The lowest BCUT2D eigenvalue weighted by Gasteiger charge is -2.21. The van der Waals surface area contributed by atoms with Crippen LogP contribution in [0.25, 0.3) is 0 Å². The highest BCUT2D eigenvalue weighted by Crippen LogP contribution is 2.31. The van der Waals surface area contributed by atoms with Crippen LogP contribution in [0.1, 0.15) is 25.7 Å². The van der Waals surface area contributed by atoms with Crippen LogP contribution in [0.4, 0.5) is 23.7 Å². The molecule has 1 aromatic carbocycles. The van der Waals surface area contributed by atoms with Crippen LogP contribution >= 0.6 is 11.8 Å². The number of rotatable bonds is 7. The van der Waals surface area contributed by atoms with E-state index in [0.29, 0.717) is 25.4 Å². The number of nitrogens with zero attached hydrogens (tertiary/aromatic N) is 2. The van der Waals surface area contributed by atoms with Crippen molar-refractivity contribution < 1.29 is 35.9 Å². The highest BCUT2D eigenvalue weighted by atomic mass is 32.2. The zero-order valence-electron chi connectivity index (χ0n) is 17.2. The number of anilines is 1. The molecule has 2 fully saturated rings. The minimum Gasteiger partial charge on any atom is -0.482 e. The number of amides is 2. The van der Waals surface area contributed by atoms with E-state index in [-0.39, 0.29) is 28.1 Å². The Hall–Kier alpha value is -1.99. The highest BCUT2D eigenvalue weighted by molar-refractivity contribution is 8.13. The van der Waals surface area contributed by atoms with Crippen LogP contribution in [0.3, 0.4) is 0 Å². The van der Waals surface area contributed by atoms with Crippen LogP contribution < -0.4 is 10.1 Å². The third-order valence-electron chi connectivity index (χ3n) is 5.00. The first-order chi connectivity index (χ1) is 15.1. The molecule has 2 aliphatic rings. The summed E-state index contributed by atoms with van der Waals surface area (Å²) in [5, 5.41) is 2.13. The molecule has 32 heavy (non-hydrogen) atoms. The van der Waals surface area contributed by atoms with E-state index in [1.165, 1.54) is 15.3 Å². The Balaban J connectivity index is 1.84. The number of benzene rings is 1. The van der Waals surface area contributed by atoms with E-state index < -0.39 is 28.7 Å². The zero-order valence-corrected chi connectivity index (χ0v) is 18.8. The van der Waals surface area contributed by atoms with E-state index in [2.05, 4.69) is 5.32 Å². The summed E-state index contributed by atoms with van der Waals surface area (Å²) in [5.74, 6) is -0.440. The standard InChI is InChI=1S/C19H24F3N3O5S2/c20-19(21,22)13-30-16-6-5-14(32(28,29)25-7-3-1-2-4-8-25)11-15(16)23-17(26)12-24-9-10-31-18(24)27/h5-6,11H,1-4,7-10,12-13H2,(H,23,26). The van der Waals surface area contributed by atoms with Gasteiger partial charge in [-0.1, -0.05) is 24.6 Å². The van der Waals surface area contributed by atoms with Gasteiger partial charge in [-0.05, 0) is 31.0 Å². The number of ether oxygens (including phenoxy) is 1. The van der Waals surface area contributed by atoms with Gasteiger partial charge in [-0.25, -0.2) is 8.42 Å². The summed E-state index contributed by atoms with van der Waals surface area (Å²) in [7, 11) is -3.90. The zero-order chi connectivity index (χ0) is 23.4. The third kappa shape index (κ3) is 6.51. The number of halogens is 3. The molecule has 2 heterocycles. The van der Waals surface area contributed by atoms with Gasteiger partial charge in [-0.3, -0.25) is 9.59 Å². The fourth-order valence-electron chi connectivity index (χ4n) is 3.42. The topological polar surface area (TPSA) is 96.0 Å². The minimum absolute atomic E-state index is 0.151. The molecule has 1 N–H and O–H groups in total. The van der Waals surface area contributed by atoms with Gasteiger partial charge in [0.15, 0.2) is 6.61 Å². The average molecular weight is 496 g/mol. The van der Waals surface area contributed by atoms with Crippen molar-refractivity contribution in [3.05, 3.63) is 18.2 Å². The van der Waals surface area contributed by atoms with Gasteiger partial charge < -0.3 is 15.0 Å². The van der Waals surface area contributed by atoms with Crippen molar-refractivity contribution in [2.45, 2.75) is 36.8 Å². The molecule has 13 heteroatoms. The minimum atomic E-state index is -4.61. The van der Waals surface area contributed by atoms with Crippen molar-refractivity contribution >= 4 is 38.6 Å². The van der Waals surface area contributed by atoms with Crippen LogP contribution in [0.5, 0.6) is 5.75 Å². The number of carbonyl (C=O) groups is 2. The number of sulfonamides is 1. The number of alkyl halides is 3. The van der Waals surface area contributed by atoms with Gasteiger partial charge in [-0.15, -0.1) is 0 Å². The molecule has 0 saturated carbocycles. The molecule has 0 unspecified atom stereocenters. The Bertz CT molecular complexity index is 948. The predicted octanol–water partition coefficient (Wildman–Crippen LogP) is 3.30. The second-order valence-corrected chi connectivity index (χ2v) is 10.4. The van der Waals surface area contributed by atoms with Crippen molar-refractivity contribution in [1.29, 1.82) is 0 Å². The fraction of sp³-hybridized carbons (Fsp3) is 0.579. The molecule has 0 spiro atoms. The highest BCUT2D eigenvalue weighted by Gasteiger charge is 2.31. The maximum absolute atomic E-state index is 13.1. The van der Waals surface area contributed by atoms with Crippen molar-refractivity contribution in [3.63, 3.8) is 0 Å². The van der Waals surface area contributed by atoms with E-state index in [1.807, 2.05) is 0 Å². The molecule has 0 aromatic heterocycles. The van der Waals surface area contributed by atoms with Gasteiger partial charge in [0.25, 0.3) is 5.24 Å². The molecular formula is C19H24F3N3O5S2. The second kappa shape index (κ2) is 10.3. The SMILES string of the molecule is O=C(CN1CCSC1=O)Nc1cc(S(=O)(=O)N2CCCCCC2)ccc1OCC(F)(F)F. The smallest absolute Gasteiger partial charge is 0.422 e. The van der Waals surface area contributed by atoms with Gasteiger partial charge >= 0.3 is 6.18 Å². The van der Waals surface area contributed by atoms with Crippen LogP contribution in [0.2, 0.25) is 0 Å². The monoisotopic (exact) mass is 495 g/mol. The molecule has 0 aliphatic carbocycles. The van der Waals surface area contributed by atoms with Gasteiger partial charge in [0.2, 0.25) is 15.9 Å².